The highest BCUT2D eigenvalue weighted by Gasteiger charge is 2.08. The maximum absolute atomic E-state index is 11.7. The second kappa shape index (κ2) is 7.12. The molecule has 2 nitrogen and oxygen atoms in total. The Morgan fingerprint density at radius 3 is 2.75 bits per heavy atom. The number of carbonyl (C=O) groups is 1. The monoisotopic (exact) mass is 235 g/mol. The van der Waals surface area contributed by atoms with Gasteiger partial charge in [0, 0.05) is 19.3 Å². The molecule has 1 aromatic carbocycles. The van der Waals surface area contributed by atoms with Crippen molar-refractivity contribution >= 4 is 17.7 Å². The predicted molar refractivity (Wildman–Crippen MR) is 70.4 cm³/mol. The fourth-order valence-corrected chi connectivity index (χ4v) is 1.96. The highest BCUT2D eigenvalue weighted by Crippen LogP contribution is 2.06. The number of nitrogens with zero attached hydrogens (tertiary/aromatic N) is 1. The molecule has 0 heterocycles. The van der Waals surface area contributed by atoms with Crippen molar-refractivity contribution in [1.29, 1.82) is 0 Å². The molecule has 0 radical (unpaired) electrons. The Bertz CT molecular complexity index is 337. The highest BCUT2D eigenvalue weighted by atomic mass is 32.2. The lowest BCUT2D eigenvalue weighted by Gasteiger charge is -2.16. The number of hydrogen-bond acceptors (Lipinski definition) is 2. The quantitative estimate of drug-likeness (QED) is 0.558. The molecule has 0 bridgehead atoms. The second-order valence-electron chi connectivity index (χ2n) is 3.54. The number of carbonyl (C=O) groups excluding carboxylic acids is 1. The predicted octanol–water partition coefficient (Wildman–Crippen LogP) is 2.56. The average molecular weight is 235 g/mol. The van der Waals surface area contributed by atoms with Crippen molar-refractivity contribution in [2.75, 3.05) is 18.6 Å². The van der Waals surface area contributed by atoms with Crippen LogP contribution in [-0.2, 0) is 11.3 Å². The van der Waals surface area contributed by atoms with Gasteiger partial charge in [-0.2, -0.15) is 0 Å². The molecule has 0 aliphatic carbocycles. The van der Waals surface area contributed by atoms with Crippen LogP contribution in [0.15, 0.2) is 43.0 Å². The van der Waals surface area contributed by atoms with E-state index in [0.717, 1.165) is 11.3 Å². The molecule has 0 fully saturated rings. The Morgan fingerprint density at radius 2 is 2.12 bits per heavy atom. The number of benzene rings is 1. The largest absolute Gasteiger partial charge is 0.341 e. The standard InChI is InChI=1S/C13H17NOS/c1-3-9-16-11-13(15)14(2)10-12-7-5-4-6-8-12/h3-8H,1,9-11H2,2H3. The van der Waals surface area contributed by atoms with Gasteiger partial charge in [0.25, 0.3) is 0 Å². The molecule has 1 aromatic rings. The smallest absolute Gasteiger partial charge is 0.232 e. The molecule has 86 valence electrons. The zero-order chi connectivity index (χ0) is 11.8. The molecule has 1 amide bonds. The van der Waals surface area contributed by atoms with Gasteiger partial charge >= 0.3 is 0 Å². The van der Waals surface area contributed by atoms with Crippen LogP contribution in [0.3, 0.4) is 0 Å². The number of amides is 1. The first-order chi connectivity index (χ1) is 7.74. The van der Waals surface area contributed by atoms with Gasteiger partial charge in [0.2, 0.25) is 5.91 Å². The molecule has 0 aromatic heterocycles. The van der Waals surface area contributed by atoms with E-state index in [9.17, 15) is 4.79 Å². The molecule has 0 aliphatic heterocycles. The summed E-state index contributed by atoms with van der Waals surface area (Å²) in [6.07, 6.45) is 1.81. The Balaban J connectivity index is 2.37. The van der Waals surface area contributed by atoms with Gasteiger partial charge in [0.1, 0.15) is 0 Å². The molecule has 0 saturated heterocycles. The van der Waals surface area contributed by atoms with Crippen LogP contribution >= 0.6 is 11.8 Å². The Kier molecular flexibility index (Phi) is 5.72. The summed E-state index contributed by atoms with van der Waals surface area (Å²) in [7, 11) is 1.84. The first-order valence-corrected chi connectivity index (χ1v) is 6.36. The SMILES string of the molecule is C=CCSCC(=O)N(C)Cc1ccccc1. The minimum absolute atomic E-state index is 0.163. The van der Waals surface area contributed by atoms with Crippen molar-refractivity contribution < 1.29 is 4.79 Å². The minimum atomic E-state index is 0.163. The molecule has 0 aliphatic rings. The van der Waals surface area contributed by atoms with Gasteiger partial charge < -0.3 is 4.90 Å². The fourth-order valence-electron chi connectivity index (χ4n) is 1.29. The number of hydrogen-bond donors (Lipinski definition) is 0. The Hall–Kier alpha value is -1.22. The van der Waals surface area contributed by atoms with Crippen molar-refractivity contribution in [3.05, 3.63) is 48.6 Å². The van der Waals surface area contributed by atoms with Gasteiger partial charge in [-0.1, -0.05) is 36.4 Å². The fraction of sp³-hybridized carbons (Fsp3) is 0.308. The molecule has 3 heteroatoms. The lowest BCUT2D eigenvalue weighted by atomic mass is 10.2. The molecule has 0 atom stereocenters. The summed E-state index contributed by atoms with van der Waals surface area (Å²) in [5.41, 5.74) is 1.16. The summed E-state index contributed by atoms with van der Waals surface area (Å²) in [5, 5.41) is 0. The molecule has 16 heavy (non-hydrogen) atoms. The van der Waals surface area contributed by atoms with Crippen LogP contribution in [0, 0.1) is 0 Å². The Labute approximate surface area is 101 Å². The van der Waals surface area contributed by atoms with Crippen molar-refractivity contribution in [1.82, 2.24) is 4.90 Å². The summed E-state index contributed by atoms with van der Waals surface area (Å²) in [4.78, 5) is 13.4. The molecule has 0 saturated carbocycles. The third-order valence-electron chi connectivity index (χ3n) is 2.15. The molecule has 0 N–H and O–H groups in total. The van der Waals surface area contributed by atoms with E-state index in [1.165, 1.54) is 0 Å². The van der Waals surface area contributed by atoms with Crippen LogP contribution < -0.4 is 0 Å². The minimum Gasteiger partial charge on any atom is -0.341 e. The van der Waals surface area contributed by atoms with Crippen LogP contribution in [-0.4, -0.2) is 29.4 Å². The van der Waals surface area contributed by atoms with Crippen molar-refractivity contribution in [3.8, 4) is 0 Å². The van der Waals surface area contributed by atoms with E-state index in [1.54, 1.807) is 16.7 Å². The van der Waals surface area contributed by atoms with E-state index in [4.69, 9.17) is 0 Å². The van der Waals surface area contributed by atoms with E-state index in [2.05, 4.69) is 6.58 Å². The van der Waals surface area contributed by atoms with Gasteiger partial charge in [-0.15, -0.1) is 18.3 Å². The van der Waals surface area contributed by atoms with Gasteiger partial charge in [0.05, 0.1) is 5.75 Å². The number of thioether (sulfide) groups is 1. The second-order valence-corrected chi connectivity index (χ2v) is 4.57. The summed E-state index contributed by atoms with van der Waals surface area (Å²) in [6.45, 7) is 4.30. The van der Waals surface area contributed by atoms with Crippen molar-refractivity contribution in [2.45, 2.75) is 6.54 Å². The molecular formula is C13H17NOS. The molecule has 0 spiro atoms. The van der Waals surface area contributed by atoms with Crippen LogP contribution in [0.5, 0.6) is 0 Å². The van der Waals surface area contributed by atoms with E-state index in [0.29, 0.717) is 12.3 Å². The van der Waals surface area contributed by atoms with Crippen LogP contribution in [0.2, 0.25) is 0 Å². The van der Waals surface area contributed by atoms with E-state index >= 15 is 0 Å². The van der Waals surface area contributed by atoms with Crippen molar-refractivity contribution in [3.63, 3.8) is 0 Å². The molecule has 1 rings (SSSR count). The summed E-state index contributed by atoms with van der Waals surface area (Å²) in [6, 6.07) is 10.0. The third-order valence-corrected chi connectivity index (χ3v) is 3.07. The lowest BCUT2D eigenvalue weighted by Crippen LogP contribution is -2.27. The Morgan fingerprint density at radius 1 is 1.44 bits per heavy atom. The summed E-state index contributed by atoms with van der Waals surface area (Å²) >= 11 is 1.59. The van der Waals surface area contributed by atoms with Gasteiger partial charge in [-0.25, -0.2) is 0 Å². The van der Waals surface area contributed by atoms with Crippen LogP contribution in [0.4, 0.5) is 0 Å². The number of rotatable bonds is 6. The third kappa shape index (κ3) is 4.53. The van der Waals surface area contributed by atoms with Crippen LogP contribution in [0.1, 0.15) is 5.56 Å². The van der Waals surface area contributed by atoms with Crippen molar-refractivity contribution in [2.24, 2.45) is 0 Å². The maximum Gasteiger partial charge on any atom is 0.232 e. The first kappa shape index (κ1) is 12.8. The highest BCUT2D eigenvalue weighted by molar-refractivity contribution is 8.00. The first-order valence-electron chi connectivity index (χ1n) is 5.20. The van der Waals surface area contributed by atoms with Gasteiger partial charge in [-0.05, 0) is 5.56 Å². The molecular weight excluding hydrogens is 218 g/mol. The lowest BCUT2D eigenvalue weighted by molar-refractivity contribution is -0.127. The van der Waals surface area contributed by atoms with Gasteiger partial charge in [-0.3, -0.25) is 4.79 Å². The summed E-state index contributed by atoms with van der Waals surface area (Å²) in [5.74, 6) is 1.51. The summed E-state index contributed by atoms with van der Waals surface area (Å²) < 4.78 is 0. The van der Waals surface area contributed by atoms with E-state index in [1.807, 2.05) is 43.5 Å². The zero-order valence-corrected chi connectivity index (χ0v) is 10.4. The normalized spacial score (nSPS) is 9.81. The molecule has 0 unspecified atom stereocenters. The maximum atomic E-state index is 11.7. The van der Waals surface area contributed by atoms with E-state index in [-0.39, 0.29) is 5.91 Å². The average Bonchev–Trinajstić information content (AvgIpc) is 2.30. The van der Waals surface area contributed by atoms with Gasteiger partial charge in [0.15, 0.2) is 0 Å². The van der Waals surface area contributed by atoms with Crippen LogP contribution in [0.25, 0.3) is 0 Å². The zero-order valence-electron chi connectivity index (χ0n) is 9.56. The van der Waals surface area contributed by atoms with E-state index < -0.39 is 0 Å². The topological polar surface area (TPSA) is 20.3 Å².